The summed E-state index contributed by atoms with van der Waals surface area (Å²) in [6.07, 6.45) is 2.10. The van der Waals surface area contributed by atoms with Gasteiger partial charge in [0, 0.05) is 25.1 Å². The van der Waals surface area contributed by atoms with E-state index in [-0.39, 0.29) is 29.0 Å². The van der Waals surface area contributed by atoms with Crippen molar-refractivity contribution in [2.24, 2.45) is 11.7 Å². The molecule has 1 aromatic carbocycles. The fourth-order valence-electron chi connectivity index (χ4n) is 2.37. The van der Waals surface area contributed by atoms with Crippen LogP contribution in [0, 0.1) is 5.92 Å². The summed E-state index contributed by atoms with van der Waals surface area (Å²) >= 11 is 0. The second-order valence-electron chi connectivity index (χ2n) is 5.89. The largest absolute Gasteiger partial charge is 0.493 e. The number of nitrogens with one attached hydrogen (secondary N) is 1. The number of sulfone groups is 1. The van der Waals surface area contributed by atoms with Gasteiger partial charge in [0.1, 0.15) is 0 Å². The highest BCUT2D eigenvalue weighted by atomic mass is 32.2. The minimum Gasteiger partial charge on any atom is -0.493 e. The van der Waals surface area contributed by atoms with Crippen molar-refractivity contribution in [1.29, 1.82) is 0 Å². The van der Waals surface area contributed by atoms with Gasteiger partial charge in [-0.25, -0.2) is 8.42 Å². The van der Waals surface area contributed by atoms with Crippen LogP contribution in [0.4, 0.5) is 0 Å². The molecule has 0 spiro atoms. The first-order chi connectivity index (χ1) is 11.4. The number of rotatable bonds is 9. The predicted octanol–water partition coefficient (Wildman–Crippen LogP) is 0.721. The number of methoxy groups -OCH3 is 2. The summed E-state index contributed by atoms with van der Waals surface area (Å²) in [4.78, 5) is 11.9. The lowest BCUT2D eigenvalue weighted by molar-refractivity contribution is -0.120. The summed E-state index contributed by atoms with van der Waals surface area (Å²) in [5, 5.41) is 2.70. The topological polar surface area (TPSA) is 108 Å². The molecule has 1 aromatic rings. The van der Waals surface area contributed by atoms with Crippen molar-refractivity contribution >= 4 is 15.7 Å². The van der Waals surface area contributed by atoms with Gasteiger partial charge in [0.15, 0.2) is 21.3 Å². The third-order valence-electron chi connectivity index (χ3n) is 4.07. The van der Waals surface area contributed by atoms with E-state index in [0.717, 1.165) is 12.8 Å². The standard InChI is InChI=1S/C16H24N2O5S/c1-22-14-6-5-12(9-15(14)23-2)24(20,21)8-7-16(19)18-10-13(17)11-3-4-11/h5-6,9,11,13H,3-4,7-8,10,17H2,1-2H3,(H,18,19). The van der Waals surface area contributed by atoms with Crippen LogP contribution >= 0.6 is 0 Å². The molecule has 1 amide bonds. The molecule has 134 valence electrons. The zero-order valence-electron chi connectivity index (χ0n) is 13.9. The molecule has 8 heteroatoms. The van der Waals surface area contributed by atoms with E-state index < -0.39 is 9.84 Å². The minimum atomic E-state index is -3.58. The molecular formula is C16H24N2O5S. The van der Waals surface area contributed by atoms with Crippen molar-refractivity contribution in [2.45, 2.75) is 30.2 Å². The van der Waals surface area contributed by atoms with E-state index in [0.29, 0.717) is 24.0 Å². The van der Waals surface area contributed by atoms with Gasteiger partial charge in [0.2, 0.25) is 5.91 Å². The predicted molar refractivity (Wildman–Crippen MR) is 89.9 cm³/mol. The molecule has 3 N–H and O–H groups in total. The lowest BCUT2D eigenvalue weighted by atomic mass is 10.2. The molecule has 24 heavy (non-hydrogen) atoms. The average Bonchev–Trinajstić information content (AvgIpc) is 3.42. The molecule has 0 bridgehead atoms. The minimum absolute atomic E-state index is 0.0450. The molecule has 1 aliphatic carbocycles. The Bertz CT molecular complexity index is 686. The van der Waals surface area contributed by atoms with Crippen LogP contribution in [0.3, 0.4) is 0 Å². The second kappa shape index (κ2) is 7.85. The molecule has 0 aliphatic heterocycles. The van der Waals surface area contributed by atoms with Crippen LogP contribution in [0.5, 0.6) is 11.5 Å². The lowest BCUT2D eigenvalue weighted by Crippen LogP contribution is -2.39. The van der Waals surface area contributed by atoms with Crippen LogP contribution in [0.25, 0.3) is 0 Å². The number of hydrogen-bond donors (Lipinski definition) is 2. The molecule has 0 heterocycles. The van der Waals surface area contributed by atoms with Gasteiger partial charge in [0.05, 0.1) is 24.9 Å². The summed E-state index contributed by atoms with van der Waals surface area (Å²) in [7, 11) is -0.673. The van der Waals surface area contributed by atoms with Crippen molar-refractivity contribution < 1.29 is 22.7 Å². The van der Waals surface area contributed by atoms with Crippen LogP contribution < -0.4 is 20.5 Å². The molecule has 1 saturated carbocycles. The highest BCUT2D eigenvalue weighted by molar-refractivity contribution is 7.91. The Balaban J connectivity index is 1.91. The van der Waals surface area contributed by atoms with Crippen LogP contribution in [-0.2, 0) is 14.6 Å². The summed E-state index contributed by atoms with van der Waals surface area (Å²) in [6.45, 7) is 0.389. The van der Waals surface area contributed by atoms with E-state index in [2.05, 4.69) is 5.32 Å². The molecular weight excluding hydrogens is 332 g/mol. The number of carbonyl (C=O) groups is 1. The lowest BCUT2D eigenvalue weighted by Gasteiger charge is -2.12. The zero-order valence-corrected chi connectivity index (χ0v) is 14.8. The molecule has 0 saturated heterocycles. The van der Waals surface area contributed by atoms with Crippen LogP contribution in [-0.4, -0.2) is 46.9 Å². The molecule has 7 nitrogen and oxygen atoms in total. The number of benzene rings is 1. The molecule has 2 rings (SSSR count). The number of carbonyl (C=O) groups excluding carboxylic acids is 1. The SMILES string of the molecule is COc1ccc(S(=O)(=O)CCC(=O)NCC(N)C2CC2)cc1OC. The quantitative estimate of drug-likeness (QED) is 0.675. The van der Waals surface area contributed by atoms with Gasteiger partial charge in [-0.1, -0.05) is 0 Å². The summed E-state index contributed by atoms with van der Waals surface area (Å²) in [6, 6.07) is 4.32. The van der Waals surface area contributed by atoms with Crippen LogP contribution in [0.15, 0.2) is 23.1 Å². The third-order valence-corrected chi connectivity index (χ3v) is 5.79. The maximum atomic E-state index is 12.4. The van der Waals surface area contributed by atoms with E-state index in [9.17, 15) is 13.2 Å². The summed E-state index contributed by atoms with van der Waals surface area (Å²) in [5.74, 6) is 0.685. The van der Waals surface area contributed by atoms with Crippen molar-refractivity contribution in [2.75, 3.05) is 26.5 Å². The molecule has 1 atom stereocenters. The first-order valence-corrected chi connectivity index (χ1v) is 9.49. The highest BCUT2D eigenvalue weighted by Gasteiger charge is 2.28. The molecule has 0 radical (unpaired) electrons. The van der Waals surface area contributed by atoms with Gasteiger partial charge in [-0.05, 0) is 30.9 Å². The number of amides is 1. The highest BCUT2D eigenvalue weighted by Crippen LogP contribution is 2.31. The molecule has 0 aromatic heterocycles. The van der Waals surface area contributed by atoms with E-state index in [1.54, 1.807) is 0 Å². The van der Waals surface area contributed by atoms with Crippen LogP contribution in [0.2, 0.25) is 0 Å². The smallest absolute Gasteiger partial charge is 0.221 e. The van der Waals surface area contributed by atoms with E-state index in [1.165, 1.54) is 32.4 Å². The van der Waals surface area contributed by atoms with Gasteiger partial charge in [0.25, 0.3) is 0 Å². The van der Waals surface area contributed by atoms with Gasteiger partial charge in [-0.2, -0.15) is 0 Å². The third kappa shape index (κ3) is 4.85. The van der Waals surface area contributed by atoms with Crippen molar-refractivity contribution in [1.82, 2.24) is 5.32 Å². The van der Waals surface area contributed by atoms with Gasteiger partial charge >= 0.3 is 0 Å². The van der Waals surface area contributed by atoms with Crippen molar-refractivity contribution in [3.63, 3.8) is 0 Å². The van der Waals surface area contributed by atoms with Gasteiger partial charge < -0.3 is 20.5 Å². The Morgan fingerprint density at radius 2 is 1.96 bits per heavy atom. The maximum Gasteiger partial charge on any atom is 0.221 e. The summed E-state index contributed by atoms with van der Waals surface area (Å²) in [5.41, 5.74) is 5.90. The van der Waals surface area contributed by atoms with Crippen molar-refractivity contribution in [3.05, 3.63) is 18.2 Å². The Hall–Kier alpha value is -1.80. The van der Waals surface area contributed by atoms with E-state index in [4.69, 9.17) is 15.2 Å². The van der Waals surface area contributed by atoms with E-state index >= 15 is 0 Å². The number of nitrogens with two attached hydrogens (primary N) is 1. The second-order valence-corrected chi connectivity index (χ2v) is 8.00. The van der Waals surface area contributed by atoms with E-state index in [1.807, 2.05) is 0 Å². The average molecular weight is 356 g/mol. The normalized spacial score (nSPS) is 15.6. The Morgan fingerprint density at radius 1 is 1.29 bits per heavy atom. The monoisotopic (exact) mass is 356 g/mol. The Kier molecular flexibility index (Phi) is 6.06. The van der Waals surface area contributed by atoms with Crippen molar-refractivity contribution in [3.8, 4) is 11.5 Å². The number of ether oxygens (including phenoxy) is 2. The fourth-order valence-corrected chi connectivity index (χ4v) is 3.62. The molecule has 1 unspecified atom stereocenters. The fraction of sp³-hybridized carbons (Fsp3) is 0.562. The van der Waals surface area contributed by atoms with Gasteiger partial charge in [-0.15, -0.1) is 0 Å². The molecule has 1 aliphatic rings. The Labute approximate surface area is 142 Å². The number of hydrogen-bond acceptors (Lipinski definition) is 6. The zero-order chi connectivity index (χ0) is 17.7. The summed E-state index contributed by atoms with van der Waals surface area (Å²) < 4.78 is 34.9. The molecule has 1 fully saturated rings. The maximum absolute atomic E-state index is 12.4. The van der Waals surface area contributed by atoms with Gasteiger partial charge in [-0.3, -0.25) is 4.79 Å². The first kappa shape index (κ1) is 18.5. The van der Waals surface area contributed by atoms with Crippen LogP contribution in [0.1, 0.15) is 19.3 Å². The Morgan fingerprint density at radius 3 is 2.54 bits per heavy atom. The first-order valence-electron chi connectivity index (χ1n) is 7.84.